The number of benzene rings is 1. The molecule has 0 saturated carbocycles. The lowest BCUT2D eigenvalue weighted by Crippen LogP contribution is -2.31. The van der Waals surface area contributed by atoms with Crippen LogP contribution in [0.5, 0.6) is 0 Å². The van der Waals surface area contributed by atoms with Crippen molar-refractivity contribution in [2.45, 2.75) is 20.8 Å². The van der Waals surface area contributed by atoms with Crippen LogP contribution in [-0.4, -0.2) is 25.5 Å². The molecule has 16 heavy (non-hydrogen) atoms. The first-order chi connectivity index (χ1) is 7.63. The van der Waals surface area contributed by atoms with Gasteiger partial charge in [0.25, 0.3) is 5.91 Å². The fourth-order valence-corrected chi connectivity index (χ4v) is 1.65. The highest BCUT2D eigenvalue weighted by molar-refractivity contribution is 5.94. The van der Waals surface area contributed by atoms with Gasteiger partial charge >= 0.3 is 0 Å². The number of carbonyl (C=O) groups excluding carboxylic acids is 1. The molecule has 0 spiro atoms. The highest BCUT2D eigenvalue weighted by Gasteiger charge is 2.05. The van der Waals surface area contributed by atoms with Crippen LogP contribution >= 0.6 is 0 Å². The minimum absolute atomic E-state index is 0.00435. The van der Waals surface area contributed by atoms with E-state index in [0.717, 1.165) is 29.8 Å². The van der Waals surface area contributed by atoms with E-state index in [1.165, 1.54) is 0 Å². The standard InChI is InChI=1S/C13H20N2O/c1-4-14-5-6-15-13(16)12-8-10(2)7-11(3)9-12/h7-9,14H,4-6H2,1-3H3,(H,15,16). The first-order valence-electron chi connectivity index (χ1n) is 5.70. The second-order valence-corrected chi connectivity index (χ2v) is 3.99. The lowest BCUT2D eigenvalue weighted by Gasteiger charge is -2.07. The van der Waals surface area contributed by atoms with Crippen LogP contribution in [0.25, 0.3) is 0 Å². The second-order valence-electron chi connectivity index (χ2n) is 3.99. The van der Waals surface area contributed by atoms with Crippen LogP contribution in [0.15, 0.2) is 18.2 Å². The summed E-state index contributed by atoms with van der Waals surface area (Å²) in [6.07, 6.45) is 0. The molecule has 0 bridgehead atoms. The van der Waals surface area contributed by atoms with Gasteiger partial charge in [-0.3, -0.25) is 4.79 Å². The average Bonchev–Trinajstić information content (AvgIpc) is 2.22. The van der Waals surface area contributed by atoms with Gasteiger partial charge in [-0.25, -0.2) is 0 Å². The zero-order valence-corrected chi connectivity index (χ0v) is 10.3. The quantitative estimate of drug-likeness (QED) is 0.741. The van der Waals surface area contributed by atoms with E-state index < -0.39 is 0 Å². The summed E-state index contributed by atoms with van der Waals surface area (Å²) in [6, 6.07) is 5.89. The minimum Gasteiger partial charge on any atom is -0.351 e. The van der Waals surface area contributed by atoms with Crippen LogP contribution < -0.4 is 10.6 Å². The molecule has 2 N–H and O–H groups in total. The van der Waals surface area contributed by atoms with Gasteiger partial charge in [0.1, 0.15) is 0 Å². The van der Waals surface area contributed by atoms with E-state index in [1.54, 1.807) is 0 Å². The number of rotatable bonds is 5. The third-order valence-corrected chi connectivity index (χ3v) is 2.32. The predicted octanol–water partition coefficient (Wildman–Crippen LogP) is 1.64. The largest absolute Gasteiger partial charge is 0.351 e. The van der Waals surface area contributed by atoms with Gasteiger partial charge in [0.05, 0.1) is 0 Å². The summed E-state index contributed by atoms with van der Waals surface area (Å²) in [5.74, 6) is 0.00435. The van der Waals surface area contributed by atoms with Crippen molar-refractivity contribution in [1.82, 2.24) is 10.6 Å². The molecule has 3 heteroatoms. The lowest BCUT2D eigenvalue weighted by molar-refractivity contribution is 0.0954. The average molecular weight is 220 g/mol. The van der Waals surface area contributed by atoms with Crippen molar-refractivity contribution in [3.63, 3.8) is 0 Å². The molecule has 1 amide bonds. The molecule has 0 heterocycles. The van der Waals surface area contributed by atoms with E-state index in [2.05, 4.69) is 16.7 Å². The monoisotopic (exact) mass is 220 g/mol. The molecule has 0 aliphatic heterocycles. The number of nitrogens with one attached hydrogen (secondary N) is 2. The molecular formula is C13H20N2O. The van der Waals surface area contributed by atoms with Gasteiger partial charge in [-0.15, -0.1) is 0 Å². The van der Waals surface area contributed by atoms with Gasteiger partial charge in [-0.05, 0) is 32.5 Å². The van der Waals surface area contributed by atoms with Crippen molar-refractivity contribution in [3.05, 3.63) is 34.9 Å². The van der Waals surface area contributed by atoms with Gasteiger partial charge in [0.2, 0.25) is 0 Å². The number of aryl methyl sites for hydroxylation is 2. The Morgan fingerprint density at radius 3 is 2.31 bits per heavy atom. The van der Waals surface area contributed by atoms with Crippen molar-refractivity contribution in [2.24, 2.45) is 0 Å². The Bertz CT molecular complexity index is 341. The summed E-state index contributed by atoms with van der Waals surface area (Å²) in [7, 11) is 0. The summed E-state index contributed by atoms with van der Waals surface area (Å²) < 4.78 is 0. The van der Waals surface area contributed by atoms with Gasteiger partial charge in [-0.2, -0.15) is 0 Å². The molecule has 1 rings (SSSR count). The molecule has 0 fully saturated rings. The Morgan fingerprint density at radius 2 is 1.75 bits per heavy atom. The minimum atomic E-state index is 0.00435. The maximum atomic E-state index is 11.8. The molecule has 0 atom stereocenters. The van der Waals surface area contributed by atoms with Crippen LogP contribution in [0, 0.1) is 13.8 Å². The molecule has 3 nitrogen and oxygen atoms in total. The van der Waals surface area contributed by atoms with E-state index in [1.807, 2.05) is 32.9 Å². The summed E-state index contributed by atoms with van der Waals surface area (Å²) in [5.41, 5.74) is 2.99. The number of amides is 1. The normalized spacial score (nSPS) is 10.2. The first kappa shape index (κ1) is 12.7. The van der Waals surface area contributed by atoms with Crippen molar-refractivity contribution in [2.75, 3.05) is 19.6 Å². The molecule has 0 aliphatic carbocycles. The zero-order valence-electron chi connectivity index (χ0n) is 10.3. The molecular weight excluding hydrogens is 200 g/mol. The van der Waals surface area contributed by atoms with Crippen molar-refractivity contribution >= 4 is 5.91 Å². The highest BCUT2D eigenvalue weighted by Crippen LogP contribution is 2.08. The van der Waals surface area contributed by atoms with Crippen LogP contribution in [0.2, 0.25) is 0 Å². The fourth-order valence-electron chi connectivity index (χ4n) is 1.65. The third-order valence-electron chi connectivity index (χ3n) is 2.32. The Morgan fingerprint density at radius 1 is 1.12 bits per heavy atom. The number of likely N-dealkylation sites (N-methyl/N-ethyl adjacent to an activating group) is 1. The van der Waals surface area contributed by atoms with Crippen LogP contribution in [-0.2, 0) is 0 Å². The molecule has 88 valence electrons. The zero-order chi connectivity index (χ0) is 12.0. The van der Waals surface area contributed by atoms with Gasteiger partial charge < -0.3 is 10.6 Å². The molecule has 1 aromatic rings. The highest BCUT2D eigenvalue weighted by atomic mass is 16.1. The Kier molecular flexibility index (Phi) is 4.99. The van der Waals surface area contributed by atoms with Crippen molar-refractivity contribution < 1.29 is 4.79 Å². The first-order valence-corrected chi connectivity index (χ1v) is 5.70. The fraction of sp³-hybridized carbons (Fsp3) is 0.462. The van der Waals surface area contributed by atoms with Gasteiger partial charge in [0, 0.05) is 18.7 Å². The van der Waals surface area contributed by atoms with Crippen molar-refractivity contribution in [3.8, 4) is 0 Å². The lowest BCUT2D eigenvalue weighted by atomic mass is 10.1. The van der Waals surface area contributed by atoms with E-state index in [0.29, 0.717) is 6.54 Å². The Hall–Kier alpha value is -1.35. The van der Waals surface area contributed by atoms with Crippen LogP contribution in [0.4, 0.5) is 0 Å². The second kappa shape index (κ2) is 6.28. The molecule has 0 radical (unpaired) electrons. The summed E-state index contributed by atoms with van der Waals surface area (Å²) in [5, 5.41) is 6.05. The SMILES string of the molecule is CCNCCNC(=O)c1cc(C)cc(C)c1. The van der Waals surface area contributed by atoms with E-state index in [9.17, 15) is 4.79 Å². The van der Waals surface area contributed by atoms with Gasteiger partial charge in [-0.1, -0.05) is 24.1 Å². The Balaban J connectivity index is 2.52. The topological polar surface area (TPSA) is 41.1 Å². The van der Waals surface area contributed by atoms with Crippen LogP contribution in [0.3, 0.4) is 0 Å². The summed E-state index contributed by atoms with van der Waals surface area (Å²) in [4.78, 5) is 11.8. The number of carbonyl (C=O) groups is 1. The van der Waals surface area contributed by atoms with Crippen molar-refractivity contribution in [1.29, 1.82) is 0 Å². The maximum absolute atomic E-state index is 11.8. The number of hydrogen-bond donors (Lipinski definition) is 2. The smallest absolute Gasteiger partial charge is 0.251 e. The van der Waals surface area contributed by atoms with E-state index in [-0.39, 0.29) is 5.91 Å². The van der Waals surface area contributed by atoms with Gasteiger partial charge in [0.15, 0.2) is 0 Å². The maximum Gasteiger partial charge on any atom is 0.251 e. The van der Waals surface area contributed by atoms with E-state index >= 15 is 0 Å². The molecule has 0 saturated heterocycles. The summed E-state index contributed by atoms with van der Waals surface area (Å²) in [6.45, 7) is 8.46. The molecule has 0 aromatic heterocycles. The van der Waals surface area contributed by atoms with E-state index in [4.69, 9.17) is 0 Å². The Labute approximate surface area is 97.2 Å². The molecule has 0 aliphatic rings. The molecule has 1 aromatic carbocycles. The van der Waals surface area contributed by atoms with Crippen LogP contribution in [0.1, 0.15) is 28.4 Å². The number of hydrogen-bond acceptors (Lipinski definition) is 2. The third kappa shape index (κ3) is 4.03. The predicted molar refractivity (Wildman–Crippen MR) is 66.8 cm³/mol. The summed E-state index contributed by atoms with van der Waals surface area (Å²) >= 11 is 0. The molecule has 0 unspecified atom stereocenters.